The van der Waals surface area contributed by atoms with Crippen LogP contribution in [0.1, 0.15) is 17.3 Å². The Morgan fingerprint density at radius 3 is 2.25 bits per heavy atom. The van der Waals surface area contributed by atoms with Gasteiger partial charge >= 0.3 is 5.97 Å². The van der Waals surface area contributed by atoms with E-state index in [1.165, 1.54) is 0 Å². The number of amides is 1. The molecular weight excluding hydrogens is 353 g/mol. The Labute approximate surface area is 149 Å². The second-order valence-corrected chi connectivity index (χ2v) is 5.49. The molecule has 2 rings (SSSR count). The Bertz CT molecular complexity index is 712. The predicted octanol–water partition coefficient (Wildman–Crippen LogP) is 4.19. The predicted molar refractivity (Wildman–Crippen MR) is 93.0 cm³/mol. The van der Waals surface area contributed by atoms with Crippen LogP contribution < -0.4 is 10.1 Å². The van der Waals surface area contributed by atoms with Crippen molar-refractivity contribution in [3.05, 3.63) is 58.1 Å². The van der Waals surface area contributed by atoms with Crippen molar-refractivity contribution in [1.82, 2.24) is 0 Å². The Kier molecular flexibility index (Phi) is 6.46. The van der Waals surface area contributed by atoms with Crippen molar-refractivity contribution >= 4 is 40.8 Å². The lowest BCUT2D eigenvalue weighted by atomic mass is 10.2. The highest BCUT2D eigenvalue weighted by Crippen LogP contribution is 2.29. The van der Waals surface area contributed by atoms with Crippen molar-refractivity contribution in [3.63, 3.8) is 0 Å². The first-order valence-electron chi connectivity index (χ1n) is 7.15. The first kappa shape index (κ1) is 18.1. The van der Waals surface area contributed by atoms with Crippen LogP contribution in [0, 0.1) is 0 Å². The van der Waals surface area contributed by atoms with Crippen LogP contribution in [0.4, 0.5) is 5.69 Å². The molecule has 0 bridgehead atoms. The molecule has 1 amide bonds. The maximum Gasteiger partial charge on any atom is 0.338 e. The minimum absolute atomic E-state index is 0.222. The van der Waals surface area contributed by atoms with Crippen LogP contribution in [0.5, 0.6) is 5.75 Å². The van der Waals surface area contributed by atoms with Crippen molar-refractivity contribution in [2.75, 3.05) is 18.5 Å². The SMILES string of the molecule is CCOC(=O)c1ccc(OCC(=O)Nc2c(Cl)cccc2Cl)cc1. The van der Waals surface area contributed by atoms with Crippen LogP contribution in [0.2, 0.25) is 10.0 Å². The molecule has 0 aliphatic rings. The summed E-state index contributed by atoms with van der Waals surface area (Å²) >= 11 is 12.0. The zero-order chi connectivity index (χ0) is 17.5. The Morgan fingerprint density at radius 2 is 1.67 bits per heavy atom. The molecule has 5 nitrogen and oxygen atoms in total. The fourth-order valence-electron chi connectivity index (χ4n) is 1.84. The lowest BCUT2D eigenvalue weighted by Gasteiger charge is -2.10. The minimum Gasteiger partial charge on any atom is -0.484 e. The van der Waals surface area contributed by atoms with Crippen molar-refractivity contribution in [1.29, 1.82) is 0 Å². The van der Waals surface area contributed by atoms with E-state index >= 15 is 0 Å². The molecule has 0 aliphatic carbocycles. The Morgan fingerprint density at radius 1 is 1.04 bits per heavy atom. The lowest BCUT2D eigenvalue weighted by Crippen LogP contribution is -2.20. The van der Waals surface area contributed by atoms with Crippen LogP contribution in [-0.4, -0.2) is 25.1 Å². The number of ether oxygens (including phenoxy) is 2. The average Bonchev–Trinajstić information content (AvgIpc) is 2.57. The van der Waals surface area contributed by atoms with Gasteiger partial charge in [0.2, 0.25) is 0 Å². The molecule has 0 atom stereocenters. The fraction of sp³-hybridized carbons (Fsp3) is 0.176. The summed E-state index contributed by atoms with van der Waals surface area (Å²) in [5.74, 6) is -0.363. The van der Waals surface area contributed by atoms with Gasteiger partial charge in [-0.1, -0.05) is 29.3 Å². The van der Waals surface area contributed by atoms with Gasteiger partial charge in [-0.05, 0) is 43.3 Å². The number of esters is 1. The van der Waals surface area contributed by atoms with E-state index in [-0.39, 0.29) is 6.61 Å². The topological polar surface area (TPSA) is 64.6 Å². The third-order valence-electron chi connectivity index (χ3n) is 2.96. The third kappa shape index (κ3) is 4.88. The van der Waals surface area contributed by atoms with Gasteiger partial charge in [-0.2, -0.15) is 0 Å². The number of benzene rings is 2. The summed E-state index contributed by atoms with van der Waals surface area (Å²) < 4.78 is 10.3. The quantitative estimate of drug-likeness (QED) is 0.777. The number of halogens is 2. The van der Waals surface area contributed by atoms with Gasteiger partial charge in [0.05, 0.1) is 27.9 Å². The molecule has 0 saturated heterocycles. The first-order valence-corrected chi connectivity index (χ1v) is 7.90. The number of para-hydroxylation sites is 1. The van der Waals surface area contributed by atoms with Gasteiger partial charge in [0.25, 0.3) is 5.91 Å². The van der Waals surface area contributed by atoms with Gasteiger partial charge in [-0.25, -0.2) is 4.79 Å². The highest BCUT2D eigenvalue weighted by atomic mass is 35.5. The molecule has 0 heterocycles. The summed E-state index contributed by atoms with van der Waals surface area (Å²) in [6.45, 7) is 1.82. The van der Waals surface area contributed by atoms with E-state index in [0.717, 1.165) is 0 Å². The van der Waals surface area contributed by atoms with Gasteiger partial charge in [0.15, 0.2) is 6.61 Å². The Hall–Kier alpha value is -2.24. The van der Waals surface area contributed by atoms with Crippen LogP contribution in [0.15, 0.2) is 42.5 Å². The van der Waals surface area contributed by atoms with E-state index in [9.17, 15) is 9.59 Å². The van der Waals surface area contributed by atoms with Gasteiger partial charge in [-0.15, -0.1) is 0 Å². The molecule has 2 aromatic carbocycles. The molecule has 24 heavy (non-hydrogen) atoms. The number of carbonyl (C=O) groups is 2. The smallest absolute Gasteiger partial charge is 0.338 e. The van der Waals surface area contributed by atoms with Crippen molar-refractivity contribution in [2.45, 2.75) is 6.92 Å². The number of hydrogen-bond donors (Lipinski definition) is 1. The van der Waals surface area contributed by atoms with E-state index in [0.29, 0.717) is 33.7 Å². The zero-order valence-corrected chi connectivity index (χ0v) is 14.4. The maximum absolute atomic E-state index is 11.9. The number of anilines is 1. The van der Waals surface area contributed by atoms with E-state index in [4.69, 9.17) is 32.7 Å². The molecule has 0 unspecified atom stereocenters. The molecule has 1 N–H and O–H groups in total. The number of rotatable bonds is 6. The van der Waals surface area contributed by atoms with Crippen LogP contribution in [0.3, 0.4) is 0 Å². The highest BCUT2D eigenvalue weighted by molar-refractivity contribution is 6.39. The molecule has 2 aromatic rings. The number of nitrogens with one attached hydrogen (secondary N) is 1. The molecule has 0 fully saturated rings. The Balaban J connectivity index is 1.91. The normalized spacial score (nSPS) is 10.1. The summed E-state index contributed by atoms with van der Waals surface area (Å²) in [5, 5.41) is 3.28. The molecule has 126 valence electrons. The molecule has 0 aromatic heterocycles. The molecule has 0 saturated carbocycles. The second kappa shape index (κ2) is 8.57. The zero-order valence-electron chi connectivity index (χ0n) is 12.8. The highest BCUT2D eigenvalue weighted by Gasteiger charge is 2.11. The maximum atomic E-state index is 11.9. The summed E-state index contributed by atoms with van der Waals surface area (Å²) in [6.07, 6.45) is 0. The molecule has 0 aliphatic heterocycles. The largest absolute Gasteiger partial charge is 0.484 e. The van der Waals surface area contributed by atoms with Crippen LogP contribution >= 0.6 is 23.2 Å². The third-order valence-corrected chi connectivity index (χ3v) is 3.59. The van der Waals surface area contributed by atoms with Crippen LogP contribution in [-0.2, 0) is 9.53 Å². The van der Waals surface area contributed by atoms with Crippen molar-refractivity contribution < 1.29 is 19.1 Å². The molecule has 0 spiro atoms. The first-order chi connectivity index (χ1) is 11.5. The summed E-state index contributed by atoms with van der Waals surface area (Å²) in [5.41, 5.74) is 0.753. The average molecular weight is 368 g/mol. The summed E-state index contributed by atoms with van der Waals surface area (Å²) in [4.78, 5) is 23.5. The molecular formula is C17H15Cl2NO4. The number of hydrogen-bond acceptors (Lipinski definition) is 4. The van der Waals surface area contributed by atoms with Crippen LogP contribution in [0.25, 0.3) is 0 Å². The van der Waals surface area contributed by atoms with E-state index in [1.54, 1.807) is 49.4 Å². The molecule has 7 heteroatoms. The fourth-order valence-corrected chi connectivity index (χ4v) is 2.34. The minimum atomic E-state index is -0.407. The van der Waals surface area contributed by atoms with E-state index in [1.807, 2.05) is 0 Å². The second-order valence-electron chi connectivity index (χ2n) is 4.68. The standard InChI is InChI=1S/C17H15Cl2NO4/c1-2-23-17(22)11-6-8-12(9-7-11)24-10-15(21)20-16-13(18)4-3-5-14(16)19/h3-9H,2,10H2,1H3,(H,20,21). The summed E-state index contributed by atoms with van der Waals surface area (Å²) in [6, 6.07) is 11.2. The van der Waals surface area contributed by atoms with Gasteiger partial charge in [-0.3, -0.25) is 4.79 Å². The molecule has 0 radical (unpaired) electrons. The van der Waals surface area contributed by atoms with Gasteiger partial charge in [0.1, 0.15) is 5.75 Å². The number of carbonyl (C=O) groups excluding carboxylic acids is 2. The van der Waals surface area contributed by atoms with Crippen molar-refractivity contribution in [2.24, 2.45) is 0 Å². The van der Waals surface area contributed by atoms with Gasteiger partial charge < -0.3 is 14.8 Å². The van der Waals surface area contributed by atoms with Crippen molar-refractivity contribution in [3.8, 4) is 5.75 Å². The lowest BCUT2D eigenvalue weighted by molar-refractivity contribution is -0.118. The van der Waals surface area contributed by atoms with E-state index in [2.05, 4.69) is 5.32 Å². The van der Waals surface area contributed by atoms with Gasteiger partial charge in [0, 0.05) is 0 Å². The summed E-state index contributed by atoms with van der Waals surface area (Å²) in [7, 11) is 0. The monoisotopic (exact) mass is 367 g/mol. The van der Waals surface area contributed by atoms with E-state index < -0.39 is 11.9 Å².